The van der Waals surface area contributed by atoms with Gasteiger partial charge in [-0.3, -0.25) is 0 Å². The largest absolute Gasteiger partial charge is 0.480 e. The average molecular weight is 263 g/mol. The Morgan fingerprint density at radius 3 is 2.89 bits per heavy atom. The van der Waals surface area contributed by atoms with E-state index in [4.69, 9.17) is 16.3 Å². The summed E-state index contributed by atoms with van der Waals surface area (Å²) in [5.74, 6) is 0.428. The zero-order valence-corrected chi connectivity index (χ0v) is 10.7. The summed E-state index contributed by atoms with van der Waals surface area (Å²) in [7, 11) is 3.51. The van der Waals surface area contributed by atoms with Gasteiger partial charge in [0.1, 0.15) is 10.5 Å². The van der Waals surface area contributed by atoms with Crippen LogP contribution in [0.3, 0.4) is 0 Å². The van der Waals surface area contributed by atoms with Crippen LogP contribution in [0.5, 0.6) is 5.88 Å². The van der Waals surface area contributed by atoms with Gasteiger partial charge >= 0.3 is 0 Å². The fourth-order valence-electron chi connectivity index (χ4n) is 1.97. The highest BCUT2D eigenvalue weighted by Crippen LogP contribution is 2.30. The second-order valence-corrected chi connectivity index (χ2v) is 4.35. The van der Waals surface area contributed by atoms with Crippen LogP contribution in [0.1, 0.15) is 0 Å². The van der Waals surface area contributed by atoms with Crippen molar-refractivity contribution in [3.05, 3.63) is 36.0 Å². The molecule has 3 heterocycles. The first-order chi connectivity index (χ1) is 8.70. The van der Waals surface area contributed by atoms with E-state index in [1.54, 1.807) is 19.6 Å². The Kier molecular flexibility index (Phi) is 2.48. The Labute approximate surface area is 109 Å². The highest BCUT2D eigenvalue weighted by molar-refractivity contribution is 6.32. The molecule has 0 N–H and O–H groups in total. The lowest BCUT2D eigenvalue weighted by Gasteiger charge is -2.03. The standard InChI is InChI=1S/C12H11ClN4O/c1-16-6-10(17-4-3-14-7-17)11-9(16)5-8(13)12(15-11)18-2/h3-7H,1-2H3. The Morgan fingerprint density at radius 2 is 2.22 bits per heavy atom. The van der Waals surface area contributed by atoms with E-state index in [0.29, 0.717) is 10.9 Å². The molecule has 0 aliphatic heterocycles. The van der Waals surface area contributed by atoms with E-state index < -0.39 is 0 Å². The van der Waals surface area contributed by atoms with Gasteiger partial charge in [0.15, 0.2) is 0 Å². The maximum absolute atomic E-state index is 6.09. The maximum Gasteiger partial charge on any atom is 0.233 e. The molecule has 0 amide bonds. The SMILES string of the molecule is COc1nc2c(-n3ccnc3)cn(C)c2cc1Cl. The summed E-state index contributed by atoms with van der Waals surface area (Å²) in [6.07, 6.45) is 7.32. The number of hydrogen-bond donors (Lipinski definition) is 0. The number of nitrogens with zero attached hydrogens (tertiary/aromatic N) is 4. The highest BCUT2D eigenvalue weighted by Gasteiger charge is 2.13. The van der Waals surface area contributed by atoms with E-state index in [9.17, 15) is 0 Å². The van der Waals surface area contributed by atoms with Gasteiger partial charge in [0, 0.05) is 25.6 Å². The third kappa shape index (κ3) is 1.55. The molecule has 0 aromatic carbocycles. The fourth-order valence-corrected chi connectivity index (χ4v) is 2.19. The molecule has 0 saturated carbocycles. The smallest absolute Gasteiger partial charge is 0.233 e. The van der Waals surface area contributed by atoms with Crippen molar-refractivity contribution in [1.82, 2.24) is 19.1 Å². The zero-order chi connectivity index (χ0) is 12.7. The first kappa shape index (κ1) is 11.1. The Morgan fingerprint density at radius 1 is 1.39 bits per heavy atom. The third-order valence-corrected chi connectivity index (χ3v) is 3.11. The first-order valence-corrected chi connectivity index (χ1v) is 5.76. The molecule has 0 fully saturated rings. The molecule has 0 unspecified atom stereocenters. The van der Waals surface area contributed by atoms with Crippen molar-refractivity contribution in [2.24, 2.45) is 7.05 Å². The van der Waals surface area contributed by atoms with Crippen molar-refractivity contribution in [3.63, 3.8) is 0 Å². The van der Waals surface area contributed by atoms with Crippen LogP contribution in [-0.2, 0) is 7.05 Å². The van der Waals surface area contributed by atoms with Gasteiger partial charge < -0.3 is 13.9 Å². The van der Waals surface area contributed by atoms with E-state index in [2.05, 4.69) is 9.97 Å². The molecule has 18 heavy (non-hydrogen) atoms. The van der Waals surface area contributed by atoms with Gasteiger partial charge in [-0.2, -0.15) is 0 Å². The van der Waals surface area contributed by atoms with Crippen LogP contribution < -0.4 is 4.74 Å². The minimum Gasteiger partial charge on any atom is -0.480 e. The number of rotatable bonds is 2. The second-order valence-electron chi connectivity index (χ2n) is 3.94. The molecular weight excluding hydrogens is 252 g/mol. The molecule has 0 bridgehead atoms. The molecule has 3 aromatic rings. The van der Waals surface area contributed by atoms with Gasteiger partial charge in [-0.1, -0.05) is 11.6 Å². The topological polar surface area (TPSA) is 44.9 Å². The van der Waals surface area contributed by atoms with Crippen LogP contribution in [-0.4, -0.2) is 26.2 Å². The minimum atomic E-state index is 0.428. The van der Waals surface area contributed by atoms with Crippen molar-refractivity contribution < 1.29 is 4.74 Å². The van der Waals surface area contributed by atoms with Crippen LogP contribution >= 0.6 is 11.6 Å². The number of fused-ring (bicyclic) bond motifs is 1. The number of hydrogen-bond acceptors (Lipinski definition) is 3. The molecule has 5 nitrogen and oxygen atoms in total. The predicted octanol–water partition coefficient (Wildman–Crippen LogP) is 2.42. The van der Waals surface area contributed by atoms with Crippen LogP contribution in [0.15, 0.2) is 31.0 Å². The fraction of sp³-hybridized carbons (Fsp3) is 0.167. The summed E-state index contributed by atoms with van der Waals surface area (Å²) < 4.78 is 9.04. The number of aryl methyl sites for hydroxylation is 1. The quantitative estimate of drug-likeness (QED) is 0.712. The van der Waals surface area contributed by atoms with Gasteiger partial charge in [-0.05, 0) is 6.07 Å². The number of imidazole rings is 1. The maximum atomic E-state index is 6.09. The Balaban J connectivity index is 2.34. The molecular formula is C12H11ClN4O. The van der Waals surface area contributed by atoms with Crippen molar-refractivity contribution in [2.75, 3.05) is 7.11 Å². The predicted molar refractivity (Wildman–Crippen MR) is 69.4 cm³/mol. The average Bonchev–Trinajstić information content (AvgIpc) is 2.97. The molecule has 0 saturated heterocycles. The Bertz CT molecular complexity index is 703. The lowest BCUT2D eigenvalue weighted by Crippen LogP contribution is -1.92. The molecule has 6 heteroatoms. The van der Waals surface area contributed by atoms with Crippen molar-refractivity contribution in [3.8, 4) is 11.6 Å². The van der Waals surface area contributed by atoms with Gasteiger partial charge in [0.05, 0.1) is 24.6 Å². The second kappa shape index (κ2) is 4.03. The number of aromatic nitrogens is 4. The molecule has 0 atom stereocenters. The van der Waals surface area contributed by atoms with E-state index in [-0.39, 0.29) is 0 Å². The van der Waals surface area contributed by atoms with Crippen molar-refractivity contribution >= 4 is 22.6 Å². The summed E-state index contributed by atoms with van der Waals surface area (Å²) >= 11 is 6.09. The molecule has 0 aliphatic carbocycles. The summed E-state index contributed by atoms with van der Waals surface area (Å²) in [6, 6.07) is 1.85. The van der Waals surface area contributed by atoms with Crippen LogP contribution in [0.25, 0.3) is 16.7 Å². The summed E-state index contributed by atoms with van der Waals surface area (Å²) in [5, 5.41) is 0.503. The molecule has 3 rings (SSSR count). The van der Waals surface area contributed by atoms with Crippen molar-refractivity contribution in [1.29, 1.82) is 0 Å². The van der Waals surface area contributed by atoms with Gasteiger partial charge in [-0.15, -0.1) is 0 Å². The molecule has 3 aromatic heterocycles. The molecule has 0 spiro atoms. The number of ether oxygens (including phenoxy) is 1. The highest BCUT2D eigenvalue weighted by atomic mass is 35.5. The molecule has 92 valence electrons. The minimum absolute atomic E-state index is 0.428. The lowest BCUT2D eigenvalue weighted by molar-refractivity contribution is 0.400. The summed E-state index contributed by atoms with van der Waals surface area (Å²) in [5.41, 5.74) is 2.72. The first-order valence-electron chi connectivity index (χ1n) is 5.38. The summed E-state index contributed by atoms with van der Waals surface area (Å²) in [4.78, 5) is 8.49. The Hall–Kier alpha value is -2.01. The summed E-state index contributed by atoms with van der Waals surface area (Å²) in [6.45, 7) is 0. The van der Waals surface area contributed by atoms with Gasteiger partial charge in [0.25, 0.3) is 0 Å². The molecule has 0 aliphatic rings. The van der Waals surface area contributed by atoms with Crippen LogP contribution in [0.4, 0.5) is 0 Å². The van der Waals surface area contributed by atoms with Crippen molar-refractivity contribution in [2.45, 2.75) is 0 Å². The van der Waals surface area contributed by atoms with E-state index >= 15 is 0 Å². The number of pyridine rings is 1. The van der Waals surface area contributed by atoms with E-state index in [0.717, 1.165) is 16.7 Å². The van der Waals surface area contributed by atoms with Crippen LogP contribution in [0.2, 0.25) is 5.02 Å². The number of methoxy groups -OCH3 is 1. The van der Waals surface area contributed by atoms with Gasteiger partial charge in [-0.25, -0.2) is 9.97 Å². The monoisotopic (exact) mass is 262 g/mol. The zero-order valence-electron chi connectivity index (χ0n) is 9.96. The van der Waals surface area contributed by atoms with E-state index in [1.165, 1.54) is 0 Å². The molecule has 0 radical (unpaired) electrons. The third-order valence-electron chi connectivity index (χ3n) is 2.84. The lowest BCUT2D eigenvalue weighted by atomic mass is 10.3. The van der Waals surface area contributed by atoms with E-state index in [1.807, 2.05) is 34.6 Å². The normalized spacial score (nSPS) is 11.1. The van der Waals surface area contributed by atoms with Gasteiger partial charge in [0.2, 0.25) is 5.88 Å². The number of halogens is 1. The van der Waals surface area contributed by atoms with Crippen LogP contribution in [0, 0.1) is 0 Å².